The van der Waals surface area contributed by atoms with Crippen LogP contribution in [0.5, 0.6) is 0 Å². The Bertz CT molecular complexity index is 539. The van der Waals surface area contributed by atoms with Gasteiger partial charge in [0.25, 0.3) is 0 Å². The van der Waals surface area contributed by atoms with Crippen molar-refractivity contribution < 1.29 is 15.0 Å². The van der Waals surface area contributed by atoms with Crippen LogP contribution >= 0.6 is 0 Å². The molecule has 3 nitrogen and oxygen atoms in total. The molecule has 0 aromatic rings. The minimum Gasteiger partial charge on any atom is -0.393 e. The van der Waals surface area contributed by atoms with Gasteiger partial charge in [-0.1, -0.05) is 25.5 Å². The van der Waals surface area contributed by atoms with Crippen molar-refractivity contribution in [1.29, 1.82) is 0 Å². The maximum absolute atomic E-state index is 12.4. The van der Waals surface area contributed by atoms with E-state index in [1.165, 1.54) is 5.57 Å². The second kappa shape index (κ2) is 4.67. The summed E-state index contributed by atoms with van der Waals surface area (Å²) >= 11 is 0. The van der Waals surface area contributed by atoms with Gasteiger partial charge in [-0.25, -0.2) is 0 Å². The third kappa shape index (κ3) is 1.78. The summed E-state index contributed by atoms with van der Waals surface area (Å²) < 4.78 is 0. The van der Waals surface area contributed by atoms with Crippen molar-refractivity contribution in [1.82, 2.24) is 0 Å². The molecule has 0 saturated heterocycles. The Labute approximate surface area is 132 Å². The second-order valence-corrected chi connectivity index (χ2v) is 8.73. The molecule has 3 saturated carbocycles. The topological polar surface area (TPSA) is 57.5 Å². The zero-order chi connectivity index (χ0) is 15.7. The van der Waals surface area contributed by atoms with Crippen molar-refractivity contribution in [2.24, 2.45) is 28.6 Å². The first-order valence-electron chi connectivity index (χ1n) is 8.96. The van der Waals surface area contributed by atoms with E-state index < -0.39 is 6.10 Å². The maximum atomic E-state index is 12.4. The molecule has 0 spiro atoms. The van der Waals surface area contributed by atoms with E-state index in [4.69, 9.17) is 0 Å². The van der Waals surface area contributed by atoms with Crippen LogP contribution in [0.3, 0.4) is 0 Å². The van der Waals surface area contributed by atoms with Crippen molar-refractivity contribution >= 4 is 5.78 Å². The largest absolute Gasteiger partial charge is 0.393 e. The smallest absolute Gasteiger partial charge is 0.167 e. The molecule has 3 heteroatoms. The Hall–Kier alpha value is -0.670. The standard InChI is InChI=1S/C19H28O3/c1-18-7-5-12(20)9-11(18)3-4-13-14(18)6-8-19(2)15(13)10-16(21)17(19)22/h3,12-16,20-21H,4-10H2,1-2H3/t12?,13-,14-,15+,16?,18+,19+/m1/s1. The van der Waals surface area contributed by atoms with Gasteiger partial charge in [-0.2, -0.15) is 0 Å². The van der Waals surface area contributed by atoms with Gasteiger partial charge in [-0.05, 0) is 68.1 Å². The fourth-order valence-corrected chi connectivity index (χ4v) is 6.43. The number of aliphatic hydroxyl groups is 2. The van der Waals surface area contributed by atoms with Crippen molar-refractivity contribution in [3.8, 4) is 0 Å². The number of carbonyl (C=O) groups excluding carboxylic acids is 1. The monoisotopic (exact) mass is 304 g/mol. The van der Waals surface area contributed by atoms with Crippen LogP contribution in [-0.4, -0.2) is 28.2 Å². The van der Waals surface area contributed by atoms with Gasteiger partial charge in [-0.3, -0.25) is 4.79 Å². The number of Topliss-reactive ketones (excluding diaryl/α,β-unsaturated/α-hetero) is 1. The third-order valence-electron chi connectivity index (χ3n) is 7.81. The number of fused-ring (bicyclic) bond motifs is 5. The Morgan fingerprint density at radius 1 is 1.09 bits per heavy atom. The molecule has 3 fully saturated rings. The molecule has 4 rings (SSSR count). The quantitative estimate of drug-likeness (QED) is 0.677. The van der Waals surface area contributed by atoms with Gasteiger partial charge >= 0.3 is 0 Å². The molecular weight excluding hydrogens is 276 g/mol. The fraction of sp³-hybridized carbons (Fsp3) is 0.842. The molecule has 2 unspecified atom stereocenters. The molecule has 0 aromatic heterocycles. The number of carbonyl (C=O) groups is 1. The summed E-state index contributed by atoms with van der Waals surface area (Å²) in [5.74, 6) is 1.59. The van der Waals surface area contributed by atoms with E-state index >= 15 is 0 Å². The molecule has 0 radical (unpaired) electrons. The lowest BCUT2D eigenvalue weighted by atomic mass is 9.48. The highest BCUT2D eigenvalue weighted by molar-refractivity contribution is 5.91. The Morgan fingerprint density at radius 3 is 2.59 bits per heavy atom. The van der Waals surface area contributed by atoms with Gasteiger partial charge in [0, 0.05) is 5.41 Å². The van der Waals surface area contributed by atoms with Gasteiger partial charge < -0.3 is 10.2 Å². The Kier molecular flexibility index (Phi) is 3.16. The predicted octanol–water partition coefficient (Wildman–Crippen LogP) is 2.85. The highest BCUT2D eigenvalue weighted by Crippen LogP contribution is 2.63. The van der Waals surface area contributed by atoms with Crippen LogP contribution in [0.15, 0.2) is 11.6 Å². The van der Waals surface area contributed by atoms with E-state index in [1.54, 1.807) is 0 Å². The molecular formula is C19H28O3. The van der Waals surface area contributed by atoms with E-state index in [0.29, 0.717) is 24.2 Å². The highest BCUT2D eigenvalue weighted by atomic mass is 16.3. The van der Waals surface area contributed by atoms with E-state index in [1.807, 2.05) is 0 Å². The summed E-state index contributed by atoms with van der Waals surface area (Å²) in [5, 5.41) is 20.1. The van der Waals surface area contributed by atoms with Crippen LogP contribution in [0.25, 0.3) is 0 Å². The number of aliphatic hydroxyl groups excluding tert-OH is 2. The summed E-state index contributed by atoms with van der Waals surface area (Å²) in [7, 11) is 0. The maximum Gasteiger partial charge on any atom is 0.167 e. The molecule has 0 bridgehead atoms. The summed E-state index contributed by atoms with van der Waals surface area (Å²) in [6.07, 6.45) is 8.00. The molecule has 0 aliphatic heterocycles. The van der Waals surface area contributed by atoms with Crippen LogP contribution in [0, 0.1) is 28.6 Å². The average Bonchev–Trinajstić information content (AvgIpc) is 2.72. The predicted molar refractivity (Wildman–Crippen MR) is 84.1 cm³/mol. The molecule has 0 heterocycles. The first-order chi connectivity index (χ1) is 10.4. The van der Waals surface area contributed by atoms with Crippen LogP contribution in [0.2, 0.25) is 0 Å². The Balaban J connectivity index is 1.70. The van der Waals surface area contributed by atoms with E-state index in [-0.39, 0.29) is 22.7 Å². The zero-order valence-electron chi connectivity index (χ0n) is 13.7. The fourth-order valence-electron chi connectivity index (χ4n) is 6.43. The lowest BCUT2D eigenvalue weighted by Crippen LogP contribution is -2.50. The van der Waals surface area contributed by atoms with Crippen LogP contribution in [0.1, 0.15) is 58.8 Å². The number of hydrogen-bond acceptors (Lipinski definition) is 3. The lowest BCUT2D eigenvalue weighted by molar-refractivity contribution is -0.136. The lowest BCUT2D eigenvalue weighted by Gasteiger charge is -2.56. The highest BCUT2D eigenvalue weighted by Gasteiger charge is 2.60. The van der Waals surface area contributed by atoms with Crippen molar-refractivity contribution in [2.75, 3.05) is 0 Å². The van der Waals surface area contributed by atoms with E-state index in [2.05, 4.69) is 19.9 Å². The number of allylic oxidation sites excluding steroid dienone is 1. The molecule has 4 aliphatic rings. The summed E-state index contributed by atoms with van der Waals surface area (Å²) in [6.45, 7) is 4.48. The van der Waals surface area contributed by atoms with Crippen LogP contribution < -0.4 is 0 Å². The normalized spacial score (nSPS) is 54.3. The minimum absolute atomic E-state index is 0.0925. The van der Waals surface area contributed by atoms with Gasteiger partial charge in [0.05, 0.1) is 6.10 Å². The van der Waals surface area contributed by atoms with Crippen molar-refractivity contribution in [2.45, 2.75) is 71.0 Å². The number of ketones is 1. The van der Waals surface area contributed by atoms with Gasteiger partial charge in [-0.15, -0.1) is 0 Å². The Morgan fingerprint density at radius 2 is 1.82 bits per heavy atom. The summed E-state index contributed by atoms with van der Waals surface area (Å²) in [6, 6.07) is 0. The van der Waals surface area contributed by atoms with Crippen molar-refractivity contribution in [3.05, 3.63) is 11.6 Å². The average molecular weight is 304 g/mol. The molecule has 122 valence electrons. The SMILES string of the molecule is C[C@]12CCC(O)CC1=CC[C@@H]1[C@H]2CC[C@]2(C)C(=O)C(O)C[C@@H]12. The number of hydrogen-bond donors (Lipinski definition) is 2. The van der Waals surface area contributed by atoms with Crippen molar-refractivity contribution in [3.63, 3.8) is 0 Å². The minimum atomic E-state index is -0.736. The molecule has 22 heavy (non-hydrogen) atoms. The van der Waals surface area contributed by atoms with Crippen LogP contribution in [-0.2, 0) is 4.79 Å². The first-order valence-corrected chi connectivity index (χ1v) is 8.96. The van der Waals surface area contributed by atoms with Gasteiger partial charge in [0.15, 0.2) is 5.78 Å². The third-order valence-corrected chi connectivity index (χ3v) is 7.81. The molecule has 2 N–H and O–H groups in total. The molecule has 0 aromatic carbocycles. The van der Waals surface area contributed by atoms with Gasteiger partial charge in [0.2, 0.25) is 0 Å². The van der Waals surface area contributed by atoms with Gasteiger partial charge in [0.1, 0.15) is 6.10 Å². The second-order valence-electron chi connectivity index (χ2n) is 8.73. The summed E-state index contributed by atoms with van der Waals surface area (Å²) in [4.78, 5) is 12.4. The molecule has 0 amide bonds. The molecule has 7 atom stereocenters. The zero-order valence-corrected chi connectivity index (χ0v) is 13.7. The first kappa shape index (κ1) is 14.9. The summed E-state index contributed by atoms with van der Waals surface area (Å²) in [5.41, 5.74) is 1.37. The number of rotatable bonds is 0. The molecule has 4 aliphatic carbocycles. The van der Waals surface area contributed by atoms with Crippen LogP contribution in [0.4, 0.5) is 0 Å². The van der Waals surface area contributed by atoms with E-state index in [0.717, 1.165) is 38.5 Å². The van der Waals surface area contributed by atoms with E-state index in [9.17, 15) is 15.0 Å².